The molecule has 0 spiro atoms. The molecule has 0 aliphatic carbocycles. The highest BCUT2D eigenvalue weighted by Gasteiger charge is 2.30. The Labute approximate surface area is 104 Å². The normalized spacial score (nSPS) is 27.0. The van der Waals surface area contributed by atoms with E-state index in [1.54, 1.807) is 0 Å². The first kappa shape index (κ1) is 12.6. The minimum atomic E-state index is 0.498. The van der Waals surface area contributed by atoms with Crippen molar-refractivity contribution >= 4 is 0 Å². The molecule has 4 heteroatoms. The number of aryl methyl sites for hydroxylation is 1. The van der Waals surface area contributed by atoms with Crippen LogP contribution >= 0.6 is 0 Å². The molecule has 0 saturated carbocycles. The Morgan fingerprint density at radius 2 is 2.24 bits per heavy atom. The van der Waals surface area contributed by atoms with Gasteiger partial charge in [-0.2, -0.15) is 5.10 Å². The van der Waals surface area contributed by atoms with Crippen LogP contribution in [0.5, 0.6) is 0 Å². The van der Waals surface area contributed by atoms with E-state index in [9.17, 15) is 0 Å². The maximum atomic E-state index is 4.32. The van der Waals surface area contributed by atoms with Gasteiger partial charge in [0.25, 0.3) is 0 Å². The SMILES string of the molecule is CNCC1CCCCN(C)C1c1ccnn1C. The van der Waals surface area contributed by atoms with Gasteiger partial charge in [0.1, 0.15) is 0 Å². The Morgan fingerprint density at radius 3 is 2.88 bits per heavy atom. The van der Waals surface area contributed by atoms with Crippen LogP contribution in [0.15, 0.2) is 12.3 Å². The number of nitrogens with zero attached hydrogens (tertiary/aromatic N) is 3. The summed E-state index contributed by atoms with van der Waals surface area (Å²) in [5, 5.41) is 7.66. The van der Waals surface area contributed by atoms with E-state index in [1.807, 2.05) is 25.0 Å². The van der Waals surface area contributed by atoms with Crippen LogP contribution in [0.2, 0.25) is 0 Å². The van der Waals surface area contributed by atoms with Crippen LogP contribution in [0.4, 0.5) is 0 Å². The number of aromatic nitrogens is 2. The number of likely N-dealkylation sites (tertiary alicyclic amines) is 1. The molecule has 0 bridgehead atoms. The van der Waals surface area contributed by atoms with Crippen molar-refractivity contribution in [3.05, 3.63) is 18.0 Å². The standard InChI is InChI=1S/C13H24N4/c1-14-10-11-6-4-5-9-16(2)13(11)12-7-8-15-17(12)3/h7-8,11,13-14H,4-6,9-10H2,1-3H3. The summed E-state index contributed by atoms with van der Waals surface area (Å²) in [4.78, 5) is 2.49. The summed E-state index contributed by atoms with van der Waals surface area (Å²) in [6, 6.07) is 2.66. The summed E-state index contributed by atoms with van der Waals surface area (Å²) in [5.41, 5.74) is 1.34. The zero-order chi connectivity index (χ0) is 12.3. The van der Waals surface area contributed by atoms with Gasteiger partial charge in [0.05, 0.1) is 11.7 Å². The fraction of sp³-hybridized carbons (Fsp3) is 0.769. The molecule has 2 heterocycles. The third-order valence-corrected chi connectivity index (χ3v) is 3.89. The van der Waals surface area contributed by atoms with Gasteiger partial charge in [-0.1, -0.05) is 6.42 Å². The predicted molar refractivity (Wildman–Crippen MR) is 69.8 cm³/mol. The van der Waals surface area contributed by atoms with Crippen LogP contribution < -0.4 is 5.32 Å². The fourth-order valence-electron chi connectivity index (χ4n) is 3.04. The molecule has 0 radical (unpaired) electrons. The average Bonchev–Trinajstić information content (AvgIpc) is 2.63. The van der Waals surface area contributed by atoms with Gasteiger partial charge in [0.15, 0.2) is 0 Å². The topological polar surface area (TPSA) is 33.1 Å². The molecule has 0 amide bonds. The van der Waals surface area contributed by atoms with Crippen LogP contribution in [-0.4, -0.2) is 41.9 Å². The summed E-state index contributed by atoms with van der Waals surface area (Å²) < 4.78 is 2.02. The third kappa shape index (κ3) is 2.69. The molecule has 2 atom stereocenters. The Hall–Kier alpha value is -0.870. The molecule has 1 aliphatic rings. The van der Waals surface area contributed by atoms with Crippen LogP contribution in [0, 0.1) is 5.92 Å². The molecule has 1 aromatic rings. The van der Waals surface area contributed by atoms with Gasteiger partial charge in [-0.05, 0) is 52.0 Å². The van der Waals surface area contributed by atoms with E-state index < -0.39 is 0 Å². The van der Waals surface area contributed by atoms with Crippen molar-refractivity contribution in [3.8, 4) is 0 Å². The van der Waals surface area contributed by atoms with Crippen LogP contribution in [0.1, 0.15) is 31.0 Å². The molecule has 1 fully saturated rings. The Kier molecular flexibility index (Phi) is 4.18. The van der Waals surface area contributed by atoms with E-state index in [-0.39, 0.29) is 0 Å². The van der Waals surface area contributed by atoms with Gasteiger partial charge in [0, 0.05) is 13.2 Å². The van der Waals surface area contributed by atoms with Gasteiger partial charge in [-0.25, -0.2) is 0 Å². The molecule has 1 saturated heterocycles. The monoisotopic (exact) mass is 236 g/mol. The lowest BCUT2D eigenvalue weighted by molar-refractivity contribution is 0.182. The van der Waals surface area contributed by atoms with Crippen molar-refractivity contribution in [1.82, 2.24) is 20.0 Å². The Balaban J connectivity index is 2.26. The molecule has 1 aliphatic heterocycles. The van der Waals surface area contributed by atoms with Gasteiger partial charge in [-0.15, -0.1) is 0 Å². The molecule has 2 rings (SSSR count). The maximum Gasteiger partial charge on any atom is 0.0555 e. The Bertz CT molecular complexity index is 347. The van der Waals surface area contributed by atoms with E-state index in [2.05, 4.69) is 28.4 Å². The molecule has 17 heavy (non-hydrogen) atoms. The highest BCUT2D eigenvalue weighted by molar-refractivity contribution is 5.09. The van der Waals surface area contributed by atoms with Crippen molar-refractivity contribution in [3.63, 3.8) is 0 Å². The second-order valence-electron chi connectivity index (χ2n) is 5.12. The van der Waals surface area contributed by atoms with Crippen molar-refractivity contribution in [1.29, 1.82) is 0 Å². The van der Waals surface area contributed by atoms with E-state index >= 15 is 0 Å². The first-order valence-electron chi connectivity index (χ1n) is 6.56. The van der Waals surface area contributed by atoms with Gasteiger partial charge >= 0.3 is 0 Å². The third-order valence-electron chi connectivity index (χ3n) is 3.89. The lowest BCUT2D eigenvalue weighted by Crippen LogP contribution is -2.35. The van der Waals surface area contributed by atoms with Crippen LogP contribution in [-0.2, 0) is 7.05 Å². The summed E-state index contributed by atoms with van der Waals surface area (Å²) in [6.45, 7) is 2.27. The van der Waals surface area contributed by atoms with E-state index in [0.717, 1.165) is 6.54 Å². The lowest BCUT2D eigenvalue weighted by Gasteiger charge is -2.32. The fourth-order valence-corrected chi connectivity index (χ4v) is 3.04. The van der Waals surface area contributed by atoms with Crippen molar-refractivity contribution < 1.29 is 0 Å². The lowest BCUT2D eigenvalue weighted by atomic mass is 9.92. The summed E-state index contributed by atoms with van der Waals surface area (Å²) >= 11 is 0. The number of nitrogens with one attached hydrogen (secondary N) is 1. The molecular formula is C13H24N4. The summed E-state index contributed by atoms with van der Waals surface area (Å²) in [7, 11) is 6.33. The second kappa shape index (κ2) is 5.65. The Morgan fingerprint density at radius 1 is 1.41 bits per heavy atom. The zero-order valence-corrected chi connectivity index (χ0v) is 11.2. The zero-order valence-electron chi connectivity index (χ0n) is 11.2. The molecule has 1 N–H and O–H groups in total. The predicted octanol–water partition coefficient (Wildman–Crippen LogP) is 1.41. The first-order valence-corrected chi connectivity index (χ1v) is 6.56. The molecule has 96 valence electrons. The highest BCUT2D eigenvalue weighted by Crippen LogP contribution is 2.33. The molecule has 1 aromatic heterocycles. The van der Waals surface area contributed by atoms with Crippen LogP contribution in [0.3, 0.4) is 0 Å². The minimum Gasteiger partial charge on any atom is -0.319 e. The van der Waals surface area contributed by atoms with Gasteiger partial charge < -0.3 is 5.32 Å². The summed E-state index contributed by atoms with van der Waals surface area (Å²) in [5.74, 6) is 0.683. The number of hydrogen-bond donors (Lipinski definition) is 1. The highest BCUT2D eigenvalue weighted by atomic mass is 15.3. The molecule has 2 unspecified atom stereocenters. The van der Waals surface area contributed by atoms with Crippen LogP contribution in [0.25, 0.3) is 0 Å². The van der Waals surface area contributed by atoms with Crippen molar-refractivity contribution in [2.24, 2.45) is 13.0 Å². The van der Waals surface area contributed by atoms with Gasteiger partial charge in [0.2, 0.25) is 0 Å². The van der Waals surface area contributed by atoms with E-state index in [0.29, 0.717) is 12.0 Å². The molecule has 4 nitrogen and oxygen atoms in total. The second-order valence-corrected chi connectivity index (χ2v) is 5.12. The minimum absolute atomic E-state index is 0.498. The largest absolute Gasteiger partial charge is 0.319 e. The molecule has 0 aromatic carbocycles. The number of hydrogen-bond acceptors (Lipinski definition) is 3. The smallest absolute Gasteiger partial charge is 0.0555 e. The van der Waals surface area contributed by atoms with Crippen molar-refractivity contribution in [2.75, 3.05) is 27.2 Å². The number of rotatable bonds is 3. The molecular weight excluding hydrogens is 212 g/mol. The van der Waals surface area contributed by atoms with Crippen molar-refractivity contribution in [2.45, 2.75) is 25.3 Å². The van der Waals surface area contributed by atoms with Gasteiger partial charge in [-0.3, -0.25) is 9.58 Å². The first-order chi connectivity index (χ1) is 8.24. The van der Waals surface area contributed by atoms with E-state index in [4.69, 9.17) is 0 Å². The quantitative estimate of drug-likeness (QED) is 0.861. The average molecular weight is 236 g/mol. The maximum absolute atomic E-state index is 4.32. The summed E-state index contributed by atoms with van der Waals surface area (Å²) in [6.07, 6.45) is 5.86. The van der Waals surface area contributed by atoms with E-state index in [1.165, 1.54) is 31.5 Å².